The lowest BCUT2D eigenvalue weighted by molar-refractivity contribution is -0.134. The Morgan fingerprint density at radius 1 is 1.19 bits per heavy atom. The molecule has 0 amide bonds. The quantitative estimate of drug-likeness (QED) is 0.258. The molecule has 2 heterocycles. The lowest BCUT2D eigenvalue weighted by Gasteiger charge is -2.30. The number of carbonyl (C=O) groups is 1. The normalized spacial score (nSPS) is 15.3. The van der Waals surface area contributed by atoms with Gasteiger partial charge in [-0.2, -0.15) is 5.10 Å². The molecule has 1 aliphatic rings. The minimum Gasteiger partial charge on any atom is -0.466 e. The summed E-state index contributed by atoms with van der Waals surface area (Å²) in [5.74, 6) is -0.333. The first-order chi connectivity index (χ1) is 17.4. The Labute approximate surface area is 212 Å². The van der Waals surface area contributed by atoms with E-state index in [-0.39, 0.29) is 5.97 Å². The minimum absolute atomic E-state index is 0.333. The predicted molar refractivity (Wildman–Crippen MR) is 144 cm³/mol. The number of hydrogen-bond donors (Lipinski definition) is 0. The van der Waals surface area contributed by atoms with Gasteiger partial charge in [0.25, 0.3) is 0 Å². The summed E-state index contributed by atoms with van der Waals surface area (Å²) in [6.45, 7) is 3.99. The zero-order valence-corrected chi connectivity index (χ0v) is 21.6. The molecule has 0 N–H and O–H groups in total. The molecular weight excluding hydrogens is 448 g/mol. The third-order valence-corrected chi connectivity index (χ3v) is 7.63. The van der Waals surface area contributed by atoms with Crippen LogP contribution in [0.4, 0.5) is 0 Å². The first kappa shape index (κ1) is 24.1. The van der Waals surface area contributed by atoms with Crippen LogP contribution in [0.3, 0.4) is 0 Å². The number of rotatable bonds is 8. The Bertz CT molecular complexity index is 1430. The van der Waals surface area contributed by atoms with E-state index in [1.807, 2.05) is 24.0 Å². The number of nitrogens with zero attached hydrogens (tertiary/aromatic N) is 4. The molecule has 0 aliphatic heterocycles. The van der Waals surface area contributed by atoms with Crippen LogP contribution in [0.15, 0.2) is 60.9 Å². The second kappa shape index (κ2) is 10.2. The van der Waals surface area contributed by atoms with Crippen molar-refractivity contribution in [3.63, 3.8) is 0 Å². The molecule has 186 valence electrons. The first-order valence-electron chi connectivity index (χ1n) is 12.6. The van der Waals surface area contributed by atoms with Crippen molar-refractivity contribution in [3.05, 3.63) is 94.4 Å². The number of ether oxygens (including phenoxy) is 1. The average Bonchev–Trinajstić information content (AvgIpc) is 3.56. The molecule has 0 fully saturated rings. The van der Waals surface area contributed by atoms with Crippen LogP contribution < -0.4 is 0 Å². The van der Waals surface area contributed by atoms with Crippen molar-refractivity contribution >= 4 is 22.9 Å². The predicted octanol–water partition coefficient (Wildman–Crippen LogP) is 5.14. The van der Waals surface area contributed by atoms with E-state index in [9.17, 15) is 4.79 Å². The molecule has 0 spiro atoms. The summed E-state index contributed by atoms with van der Waals surface area (Å²) >= 11 is 0. The van der Waals surface area contributed by atoms with E-state index in [0.717, 1.165) is 37.9 Å². The molecule has 1 aliphatic carbocycles. The van der Waals surface area contributed by atoms with Gasteiger partial charge < -0.3 is 9.30 Å². The van der Waals surface area contributed by atoms with Gasteiger partial charge in [-0.3, -0.25) is 9.58 Å². The minimum atomic E-state index is -0.333. The van der Waals surface area contributed by atoms with Gasteiger partial charge in [-0.1, -0.05) is 36.4 Å². The highest BCUT2D eigenvalue weighted by molar-refractivity contribution is 5.87. The number of para-hydroxylation sites is 1. The first-order valence-corrected chi connectivity index (χ1v) is 12.6. The van der Waals surface area contributed by atoms with Crippen molar-refractivity contribution in [2.75, 3.05) is 13.7 Å². The van der Waals surface area contributed by atoms with Crippen molar-refractivity contribution in [2.45, 2.75) is 38.8 Å². The standard InChI is InChI=1S/C30H34N4O2/c1-21-25(18-31-33(21)3)20-34(16-15-24-19-32(2)28-8-6-5-7-26(24)28)29-13-11-23-17-22(9-12-27(23)29)10-14-30(35)36-4/h5-10,12,14,17-19,29H,11,13,15-16,20H2,1-4H3/b14-10+. The summed E-state index contributed by atoms with van der Waals surface area (Å²) < 4.78 is 8.92. The molecule has 0 saturated heterocycles. The number of carbonyl (C=O) groups excluding carboxylic acids is 1. The van der Waals surface area contributed by atoms with Gasteiger partial charge in [-0.15, -0.1) is 0 Å². The van der Waals surface area contributed by atoms with Gasteiger partial charge in [-0.05, 0) is 60.6 Å². The highest BCUT2D eigenvalue weighted by Crippen LogP contribution is 2.38. The molecule has 0 saturated carbocycles. The van der Waals surface area contributed by atoms with Crippen LogP contribution in [-0.4, -0.2) is 38.9 Å². The fourth-order valence-corrected chi connectivity index (χ4v) is 5.48. The zero-order chi connectivity index (χ0) is 25.2. The summed E-state index contributed by atoms with van der Waals surface area (Å²) in [6.07, 6.45) is 10.7. The van der Waals surface area contributed by atoms with Crippen molar-refractivity contribution in [1.29, 1.82) is 0 Å². The smallest absolute Gasteiger partial charge is 0.330 e. The molecule has 1 unspecified atom stereocenters. The summed E-state index contributed by atoms with van der Waals surface area (Å²) in [6, 6.07) is 15.6. The number of aromatic nitrogens is 3. The van der Waals surface area contributed by atoms with Crippen molar-refractivity contribution < 1.29 is 9.53 Å². The van der Waals surface area contributed by atoms with Crippen LogP contribution in [0, 0.1) is 6.92 Å². The summed E-state index contributed by atoms with van der Waals surface area (Å²) in [5, 5.41) is 5.84. The second-order valence-corrected chi connectivity index (χ2v) is 9.75. The van der Waals surface area contributed by atoms with Crippen LogP contribution in [0.5, 0.6) is 0 Å². The van der Waals surface area contributed by atoms with Crippen LogP contribution >= 0.6 is 0 Å². The molecule has 2 aromatic heterocycles. The Hall–Kier alpha value is -3.64. The Morgan fingerprint density at radius 2 is 2.03 bits per heavy atom. The number of benzene rings is 2. The maximum atomic E-state index is 11.5. The zero-order valence-electron chi connectivity index (χ0n) is 21.6. The molecule has 0 radical (unpaired) electrons. The van der Waals surface area contributed by atoms with E-state index in [1.165, 1.54) is 52.0 Å². The van der Waals surface area contributed by atoms with E-state index < -0.39 is 0 Å². The summed E-state index contributed by atoms with van der Waals surface area (Å²) in [4.78, 5) is 14.1. The monoisotopic (exact) mass is 482 g/mol. The highest BCUT2D eigenvalue weighted by Gasteiger charge is 2.29. The van der Waals surface area contributed by atoms with E-state index in [0.29, 0.717) is 6.04 Å². The molecule has 2 aromatic carbocycles. The Morgan fingerprint density at radius 3 is 2.81 bits per heavy atom. The molecule has 4 aromatic rings. The largest absolute Gasteiger partial charge is 0.466 e. The average molecular weight is 483 g/mol. The number of hydrogen-bond acceptors (Lipinski definition) is 4. The molecule has 36 heavy (non-hydrogen) atoms. The summed E-state index contributed by atoms with van der Waals surface area (Å²) in [5.41, 5.74) is 8.96. The Kier molecular flexibility index (Phi) is 6.79. The third kappa shape index (κ3) is 4.73. The van der Waals surface area contributed by atoms with Gasteiger partial charge in [0.15, 0.2) is 0 Å². The molecule has 5 rings (SSSR count). The topological polar surface area (TPSA) is 52.3 Å². The van der Waals surface area contributed by atoms with Gasteiger partial charge in [0, 0.05) is 67.7 Å². The van der Waals surface area contributed by atoms with Crippen LogP contribution in [0.2, 0.25) is 0 Å². The third-order valence-electron chi connectivity index (χ3n) is 7.63. The van der Waals surface area contributed by atoms with Gasteiger partial charge in [-0.25, -0.2) is 4.79 Å². The molecule has 1 atom stereocenters. The van der Waals surface area contributed by atoms with Gasteiger partial charge in [0.05, 0.1) is 13.3 Å². The van der Waals surface area contributed by atoms with E-state index in [2.05, 4.69) is 77.2 Å². The number of fused-ring (bicyclic) bond motifs is 2. The number of aryl methyl sites for hydroxylation is 3. The van der Waals surface area contributed by atoms with Crippen molar-refractivity contribution in [3.8, 4) is 0 Å². The summed E-state index contributed by atoms with van der Waals surface area (Å²) in [7, 11) is 5.53. The van der Waals surface area contributed by atoms with Gasteiger partial charge in [0.1, 0.15) is 0 Å². The van der Waals surface area contributed by atoms with E-state index in [4.69, 9.17) is 4.74 Å². The second-order valence-electron chi connectivity index (χ2n) is 9.75. The molecule has 6 heteroatoms. The Balaban J connectivity index is 1.42. The van der Waals surface area contributed by atoms with Crippen LogP contribution in [-0.2, 0) is 43.0 Å². The van der Waals surface area contributed by atoms with Crippen molar-refractivity contribution in [2.24, 2.45) is 14.1 Å². The lowest BCUT2D eigenvalue weighted by atomic mass is 10.0. The number of esters is 1. The fourth-order valence-electron chi connectivity index (χ4n) is 5.48. The van der Waals surface area contributed by atoms with Gasteiger partial charge in [0.2, 0.25) is 0 Å². The SMILES string of the molecule is COC(=O)/C=C/c1ccc2c(c1)CCC2N(CCc1cn(C)c2ccccc12)Cc1cnn(C)c1C. The fraction of sp³-hybridized carbons (Fsp3) is 0.333. The van der Waals surface area contributed by atoms with Gasteiger partial charge >= 0.3 is 5.97 Å². The van der Waals surface area contributed by atoms with Crippen molar-refractivity contribution in [1.82, 2.24) is 19.2 Å². The lowest BCUT2D eigenvalue weighted by Crippen LogP contribution is -2.29. The highest BCUT2D eigenvalue weighted by atomic mass is 16.5. The molecule has 0 bridgehead atoms. The molecular formula is C30H34N4O2. The van der Waals surface area contributed by atoms with Crippen LogP contribution in [0.1, 0.15) is 46.0 Å². The van der Waals surface area contributed by atoms with Crippen LogP contribution in [0.25, 0.3) is 17.0 Å². The van der Waals surface area contributed by atoms with E-state index >= 15 is 0 Å². The maximum absolute atomic E-state index is 11.5. The van der Waals surface area contributed by atoms with E-state index in [1.54, 1.807) is 0 Å². The number of methoxy groups -OCH3 is 1. The molecule has 6 nitrogen and oxygen atoms in total. The maximum Gasteiger partial charge on any atom is 0.330 e.